The topological polar surface area (TPSA) is 58.1 Å². The maximum atomic E-state index is 12.4. The van der Waals surface area contributed by atoms with Gasteiger partial charge in [-0.2, -0.15) is 0 Å². The van der Waals surface area contributed by atoms with Crippen molar-refractivity contribution in [3.05, 3.63) is 32.4 Å². The molecule has 3 heterocycles. The smallest absolute Gasteiger partial charge is 0.318 e. The molecule has 0 aromatic carbocycles. The Morgan fingerprint density at radius 2 is 2.36 bits per heavy atom. The Labute approximate surface area is 138 Å². The van der Waals surface area contributed by atoms with E-state index in [1.165, 1.54) is 4.88 Å². The van der Waals surface area contributed by atoms with Crippen LogP contribution in [0.15, 0.2) is 17.5 Å². The lowest BCUT2D eigenvalue weighted by Gasteiger charge is -2.23. The van der Waals surface area contributed by atoms with Gasteiger partial charge < -0.3 is 10.2 Å². The van der Waals surface area contributed by atoms with Gasteiger partial charge in [0.05, 0.1) is 12.6 Å². The third-order valence-electron chi connectivity index (χ3n) is 3.75. The van der Waals surface area contributed by atoms with E-state index in [9.17, 15) is 4.79 Å². The number of hydrogen-bond donors (Lipinski definition) is 1. The maximum Gasteiger partial charge on any atom is 0.318 e. The number of urea groups is 1. The monoisotopic (exact) mass is 336 g/mol. The van der Waals surface area contributed by atoms with Gasteiger partial charge in [-0.05, 0) is 24.3 Å². The molecule has 7 heteroatoms. The van der Waals surface area contributed by atoms with Gasteiger partial charge in [0.25, 0.3) is 0 Å². The first-order valence-corrected chi connectivity index (χ1v) is 9.25. The van der Waals surface area contributed by atoms with E-state index in [0.717, 1.165) is 29.4 Å². The van der Waals surface area contributed by atoms with Gasteiger partial charge in [-0.25, -0.2) is 4.79 Å². The van der Waals surface area contributed by atoms with Crippen molar-refractivity contribution in [1.82, 2.24) is 20.4 Å². The first kappa shape index (κ1) is 15.4. The number of thiophene rings is 1. The number of nitrogens with one attached hydrogen (secondary N) is 1. The van der Waals surface area contributed by atoms with E-state index in [2.05, 4.69) is 40.8 Å². The lowest BCUT2D eigenvalue weighted by atomic mass is 10.2. The number of carbonyl (C=O) groups is 1. The summed E-state index contributed by atoms with van der Waals surface area (Å²) < 4.78 is 0. The Morgan fingerprint density at radius 1 is 1.50 bits per heavy atom. The molecule has 0 unspecified atom stereocenters. The van der Waals surface area contributed by atoms with E-state index in [1.807, 2.05) is 11.0 Å². The second kappa shape index (κ2) is 6.75. The Kier molecular flexibility index (Phi) is 4.73. The molecular weight excluding hydrogens is 316 g/mol. The lowest BCUT2D eigenvalue weighted by Crippen LogP contribution is -2.38. The highest BCUT2D eigenvalue weighted by Crippen LogP contribution is 2.34. The molecule has 2 aromatic heterocycles. The van der Waals surface area contributed by atoms with Gasteiger partial charge in [-0.15, -0.1) is 21.5 Å². The normalized spacial score (nSPS) is 18.1. The summed E-state index contributed by atoms with van der Waals surface area (Å²) in [4.78, 5) is 15.7. The predicted molar refractivity (Wildman–Crippen MR) is 89.2 cm³/mol. The average Bonchev–Trinajstić information content (AvgIpc) is 3.23. The number of aromatic nitrogens is 2. The molecular formula is C15H20N4OS2. The SMILES string of the molecule is CC(C)c1nnc(CNC(=O)N2CCC[C@H]2c2cccs2)s1. The van der Waals surface area contributed by atoms with E-state index >= 15 is 0 Å². The zero-order chi connectivity index (χ0) is 15.5. The highest BCUT2D eigenvalue weighted by molar-refractivity contribution is 7.11. The van der Waals surface area contributed by atoms with Crippen LogP contribution in [0.1, 0.15) is 53.5 Å². The molecule has 1 N–H and O–H groups in total. The minimum atomic E-state index is -0.00260. The third kappa shape index (κ3) is 3.30. The van der Waals surface area contributed by atoms with Crippen LogP contribution in [0.25, 0.3) is 0 Å². The third-order valence-corrected chi connectivity index (χ3v) is 5.95. The van der Waals surface area contributed by atoms with Crippen molar-refractivity contribution in [2.75, 3.05) is 6.54 Å². The van der Waals surface area contributed by atoms with Crippen molar-refractivity contribution in [3.63, 3.8) is 0 Å². The minimum Gasteiger partial charge on any atom is -0.331 e. The standard InChI is InChI=1S/C15H20N4OS2/c1-10(2)14-18-17-13(22-14)9-16-15(20)19-7-3-5-11(19)12-6-4-8-21-12/h4,6,8,10-11H,3,5,7,9H2,1-2H3,(H,16,20)/t11-/m0/s1. The quantitative estimate of drug-likeness (QED) is 0.924. The summed E-state index contributed by atoms with van der Waals surface area (Å²) in [5.41, 5.74) is 0. The van der Waals surface area contributed by atoms with E-state index in [0.29, 0.717) is 12.5 Å². The summed E-state index contributed by atoms with van der Waals surface area (Å²) in [5.74, 6) is 0.378. The number of rotatable bonds is 4. The lowest BCUT2D eigenvalue weighted by molar-refractivity contribution is 0.193. The highest BCUT2D eigenvalue weighted by Gasteiger charge is 2.30. The van der Waals surface area contributed by atoms with Crippen LogP contribution in [-0.4, -0.2) is 27.7 Å². The second-order valence-corrected chi connectivity index (χ2v) is 7.79. The summed E-state index contributed by atoms with van der Waals surface area (Å²) in [7, 11) is 0. The fraction of sp³-hybridized carbons (Fsp3) is 0.533. The fourth-order valence-electron chi connectivity index (χ4n) is 2.61. The van der Waals surface area contributed by atoms with Gasteiger partial charge in [-0.1, -0.05) is 31.3 Å². The molecule has 0 bridgehead atoms. The molecule has 1 fully saturated rings. The highest BCUT2D eigenvalue weighted by atomic mass is 32.1. The molecule has 0 spiro atoms. The van der Waals surface area contributed by atoms with Gasteiger partial charge >= 0.3 is 6.03 Å². The van der Waals surface area contributed by atoms with Crippen molar-refractivity contribution in [2.24, 2.45) is 0 Å². The molecule has 22 heavy (non-hydrogen) atoms. The number of hydrogen-bond acceptors (Lipinski definition) is 5. The molecule has 1 atom stereocenters. The van der Waals surface area contributed by atoms with Gasteiger partial charge in [0.15, 0.2) is 0 Å². The van der Waals surface area contributed by atoms with Crippen LogP contribution in [0.4, 0.5) is 4.79 Å². The summed E-state index contributed by atoms with van der Waals surface area (Å²) in [6.07, 6.45) is 2.11. The summed E-state index contributed by atoms with van der Waals surface area (Å²) in [5, 5.41) is 15.2. The maximum absolute atomic E-state index is 12.4. The predicted octanol–water partition coefficient (Wildman–Crippen LogP) is 3.77. The van der Waals surface area contributed by atoms with Gasteiger partial charge in [0, 0.05) is 17.3 Å². The zero-order valence-corrected chi connectivity index (χ0v) is 14.4. The van der Waals surface area contributed by atoms with E-state index < -0.39 is 0 Å². The second-order valence-electron chi connectivity index (χ2n) is 5.71. The Morgan fingerprint density at radius 3 is 3.05 bits per heavy atom. The summed E-state index contributed by atoms with van der Waals surface area (Å²) in [6, 6.07) is 4.38. The van der Waals surface area contributed by atoms with Crippen molar-refractivity contribution < 1.29 is 4.79 Å². The number of nitrogens with zero attached hydrogens (tertiary/aromatic N) is 3. The molecule has 5 nitrogen and oxygen atoms in total. The molecule has 2 amide bonds. The molecule has 1 aliphatic rings. The van der Waals surface area contributed by atoms with Gasteiger partial charge in [-0.3, -0.25) is 0 Å². The molecule has 118 valence electrons. The largest absolute Gasteiger partial charge is 0.331 e. The minimum absolute atomic E-state index is 0.00260. The summed E-state index contributed by atoms with van der Waals surface area (Å²) in [6.45, 7) is 5.47. The molecule has 3 rings (SSSR count). The van der Waals surface area contributed by atoms with Gasteiger partial charge in [0.2, 0.25) is 0 Å². The van der Waals surface area contributed by atoms with Gasteiger partial charge in [0.1, 0.15) is 10.0 Å². The molecule has 1 aliphatic heterocycles. The fourth-order valence-corrected chi connectivity index (χ4v) is 4.27. The molecule has 0 radical (unpaired) electrons. The Hall–Kier alpha value is -1.47. The number of carbonyl (C=O) groups excluding carboxylic acids is 1. The van der Waals surface area contributed by atoms with Crippen molar-refractivity contribution in [2.45, 2.75) is 45.2 Å². The summed E-state index contributed by atoms with van der Waals surface area (Å²) >= 11 is 3.29. The average molecular weight is 336 g/mol. The van der Waals surface area contributed by atoms with E-state index in [1.54, 1.807) is 22.7 Å². The molecule has 0 saturated carbocycles. The Balaban J connectivity index is 1.59. The van der Waals surface area contributed by atoms with Crippen molar-refractivity contribution in [3.8, 4) is 0 Å². The zero-order valence-electron chi connectivity index (χ0n) is 12.8. The van der Waals surface area contributed by atoms with Crippen LogP contribution in [0, 0.1) is 0 Å². The number of likely N-dealkylation sites (tertiary alicyclic amines) is 1. The van der Waals surface area contributed by atoms with Crippen LogP contribution in [0.5, 0.6) is 0 Å². The molecule has 2 aromatic rings. The van der Waals surface area contributed by atoms with Crippen molar-refractivity contribution in [1.29, 1.82) is 0 Å². The molecule has 0 aliphatic carbocycles. The van der Waals surface area contributed by atoms with E-state index in [4.69, 9.17) is 0 Å². The van der Waals surface area contributed by atoms with Crippen LogP contribution in [-0.2, 0) is 6.54 Å². The Bertz CT molecular complexity index is 623. The number of amides is 2. The first-order chi connectivity index (χ1) is 10.6. The van der Waals surface area contributed by atoms with Crippen LogP contribution in [0.3, 0.4) is 0 Å². The van der Waals surface area contributed by atoms with Crippen LogP contribution < -0.4 is 5.32 Å². The van der Waals surface area contributed by atoms with Crippen LogP contribution >= 0.6 is 22.7 Å². The molecule has 1 saturated heterocycles. The van der Waals surface area contributed by atoms with E-state index in [-0.39, 0.29) is 12.1 Å². The van der Waals surface area contributed by atoms with Crippen molar-refractivity contribution >= 4 is 28.7 Å². The first-order valence-electron chi connectivity index (χ1n) is 7.55. The van der Waals surface area contributed by atoms with Crippen LogP contribution in [0.2, 0.25) is 0 Å².